The van der Waals surface area contributed by atoms with E-state index in [2.05, 4.69) is 55.6 Å². The molecule has 0 saturated heterocycles. The fourth-order valence-corrected chi connectivity index (χ4v) is 2.86. The molecule has 2 nitrogen and oxygen atoms in total. The van der Waals surface area contributed by atoms with Crippen LogP contribution in [0.3, 0.4) is 0 Å². The van der Waals surface area contributed by atoms with Gasteiger partial charge in [0.15, 0.2) is 0 Å². The van der Waals surface area contributed by atoms with Crippen molar-refractivity contribution in [3.8, 4) is 0 Å². The first-order chi connectivity index (χ1) is 9.70. The van der Waals surface area contributed by atoms with Crippen molar-refractivity contribution in [3.05, 3.63) is 47.7 Å². The summed E-state index contributed by atoms with van der Waals surface area (Å²) in [6, 6.07) is 12.8. The SMILES string of the molecule is CNCc1oc2c(ccc3ccccc32)c1CC(C)C. The molecule has 0 amide bonds. The largest absolute Gasteiger partial charge is 0.459 e. The Bertz CT molecular complexity index is 740. The molecule has 1 N–H and O–H groups in total. The lowest BCUT2D eigenvalue weighted by atomic mass is 9.98. The summed E-state index contributed by atoms with van der Waals surface area (Å²) in [7, 11) is 1.96. The quantitative estimate of drug-likeness (QED) is 0.752. The first-order valence-corrected chi connectivity index (χ1v) is 7.27. The number of rotatable bonds is 4. The molecule has 1 aromatic heterocycles. The number of benzene rings is 2. The van der Waals surface area contributed by atoms with E-state index in [0.29, 0.717) is 5.92 Å². The molecule has 0 bridgehead atoms. The number of hydrogen-bond donors (Lipinski definition) is 1. The lowest BCUT2D eigenvalue weighted by Gasteiger charge is -2.05. The zero-order valence-electron chi connectivity index (χ0n) is 12.4. The van der Waals surface area contributed by atoms with Crippen LogP contribution in [0.5, 0.6) is 0 Å². The summed E-state index contributed by atoms with van der Waals surface area (Å²) in [5.74, 6) is 1.70. The summed E-state index contributed by atoms with van der Waals surface area (Å²) in [5, 5.41) is 6.92. The van der Waals surface area contributed by atoms with Gasteiger partial charge in [-0.15, -0.1) is 0 Å². The van der Waals surface area contributed by atoms with Crippen molar-refractivity contribution in [3.63, 3.8) is 0 Å². The molecule has 3 rings (SSSR count). The lowest BCUT2D eigenvalue weighted by Crippen LogP contribution is -2.07. The van der Waals surface area contributed by atoms with Crippen LogP contribution >= 0.6 is 0 Å². The number of furan rings is 1. The van der Waals surface area contributed by atoms with Crippen LogP contribution in [0.4, 0.5) is 0 Å². The van der Waals surface area contributed by atoms with Gasteiger partial charge < -0.3 is 9.73 Å². The number of nitrogens with one attached hydrogen (secondary N) is 1. The van der Waals surface area contributed by atoms with Crippen LogP contribution in [0, 0.1) is 5.92 Å². The molecule has 0 radical (unpaired) electrons. The van der Waals surface area contributed by atoms with Gasteiger partial charge in [-0.2, -0.15) is 0 Å². The minimum absolute atomic E-state index is 0.623. The van der Waals surface area contributed by atoms with Crippen molar-refractivity contribution in [1.82, 2.24) is 5.32 Å². The molecule has 104 valence electrons. The van der Waals surface area contributed by atoms with E-state index in [0.717, 1.165) is 24.3 Å². The van der Waals surface area contributed by atoms with Crippen LogP contribution in [0.2, 0.25) is 0 Å². The van der Waals surface area contributed by atoms with Gasteiger partial charge >= 0.3 is 0 Å². The summed E-state index contributed by atoms with van der Waals surface area (Å²) in [6.07, 6.45) is 1.06. The Labute approximate surface area is 119 Å². The minimum atomic E-state index is 0.623. The number of fused-ring (bicyclic) bond motifs is 3. The Balaban J connectivity index is 2.29. The van der Waals surface area contributed by atoms with Crippen LogP contribution in [0.15, 0.2) is 40.8 Å². The van der Waals surface area contributed by atoms with Gasteiger partial charge in [-0.1, -0.05) is 50.2 Å². The van der Waals surface area contributed by atoms with Crippen molar-refractivity contribution in [1.29, 1.82) is 0 Å². The van der Waals surface area contributed by atoms with E-state index in [1.54, 1.807) is 0 Å². The Kier molecular flexibility index (Phi) is 3.49. The van der Waals surface area contributed by atoms with Crippen molar-refractivity contribution in [2.75, 3.05) is 7.05 Å². The van der Waals surface area contributed by atoms with E-state index < -0.39 is 0 Å². The molecular weight excluding hydrogens is 246 g/mol. The molecule has 0 aliphatic heterocycles. The van der Waals surface area contributed by atoms with Gasteiger partial charge in [0, 0.05) is 16.3 Å². The van der Waals surface area contributed by atoms with Crippen molar-refractivity contribution >= 4 is 21.7 Å². The topological polar surface area (TPSA) is 25.2 Å². The summed E-state index contributed by atoms with van der Waals surface area (Å²) < 4.78 is 6.19. The zero-order chi connectivity index (χ0) is 14.1. The van der Waals surface area contributed by atoms with E-state index in [1.165, 1.54) is 21.7 Å². The van der Waals surface area contributed by atoms with Gasteiger partial charge in [0.2, 0.25) is 0 Å². The summed E-state index contributed by atoms with van der Waals surface area (Å²) in [6.45, 7) is 5.29. The van der Waals surface area contributed by atoms with Crippen LogP contribution in [-0.2, 0) is 13.0 Å². The van der Waals surface area contributed by atoms with Crippen LogP contribution in [-0.4, -0.2) is 7.05 Å². The second kappa shape index (κ2) is 5.29. The maximum absolute atomic E-state index is 6.19. The van der Waals surface area contributed by atoms with Crippen molar-refractivity contribution in [2.24, 2.45) is 5.92 Å². The Morgan fingerprint density at radius 2 is 1.85 bits per heavy atom. The third-order valence-electron chi connectivity index (χ3n) is 3.72. The average molecular weight is 267 g/mol. The van der Waals surface area contributed by atoms with Gasteiger partial charge in [0.1, 0.15) is 11.3 Å². The fourth-order valence-electron chi connectivity index (χ4n) is 2.86. The smallest absolute Gasteiger partial charge is 0.142 e. The van der Waals surface area contributed by atoms with Crippen molar-refractivity contribution in [2.45, 2.75) is 26.8 Å². The standard InChI is InChI=1S/C18H21NO/c1-12(2)10-16-15-9-8-13-6-4-5-7-14(13)18(15)20-17(16)11-19-3/h4-9,12,19H,10-11H2,1-3H3. The molecule has 0 atom stereocenters. The minimum Gasteiger partial charge on any atom is -0.459 e. The predicted molar refractivity (Wildman–Crippen MR) is 85.0 cm³/mol. The molecular formula is C18H21NO. The second-order valence-corrected chi connectivity index (χ2v) is 5.80. The molecule has 0 spiro atoms. The van der Waals surface area contributed by atoms with Crippen molar-refractivity contribution < 1.29 is 4.42 Å². The summed E-state index contributed by atoms with van der Waals surface area (Å²) in [5.41, 5.74) is 2.39. The van der Waals surface area contributed by atoms with Gasteiger partial charge in [0.05, 0.1) is 6.54 Å². The van der Waals surface area contributed by atoms with E-state index in [4.69, 9.17) is 4.42 Å². The van der Waals surface area contributed by atoms with E-state index in [1.807, 2.05) is 7.05 Å². The molecule has 0 aliphatic carbocycles. The molecule has 0 saturated carbocycles. The average Bonchev–Trinajstić information content (AvgIpc) is 2.77. The Morgan fingerprint density at radius 3 is 2.60 bits per heavy atom. The van der Waals surface area contributed by atoms with Gasteiger partial charge in [0.25, 0.3) is 0 Å². The molecule has 2 heteroatoms. The molecule has 1 heterocycles. The van der Waals surface area contributed by atoms with Crippen LogP contribution < -0.4 is 5.32 Å². The van der Waals surface area contributed by atoms with Gasteiger partial charge in [-0.3, -0.25) is 0 Å². The fraction of sp³-hybridized carbons (Fsp3) is 0.333. The molecule has 20 heavy (non-hydrogen) atoms. The van der Waals surface area contributed by atoms with Gasteiger partial charge in [-0.05, 0) is 24.8 Å². The van der Waals surface area contributed by atoms with E-state index >= 15 is 0 Å². The highest BCUT2D eigenvalue weighted by molar-refractivity contribution is 6.05. The third-order valence-corrected chi connectivity index (χ3v) is 3.72. The summed E-state index contributed by atoms with van der Waals surface area (Å²) >= 11 is 0. The molecule has 0 fully saturated rings. The number of hydrogen-bond acceptors (Lipinski definition) is 2. The lowest BCUT2D eigenvalue weighted by molar-refractivity contribution is 0.517. The highest BCUT2D eigenvalue weighted by Crippen LogP contribution is 2.33. The maximum atomic E-state index is 6.19. The highest BCUT2D eigenvalue weighted by atomic mass is 16.3. The van der Waals surface area contributed by atoms with E-state index in [9.17, 15) is 0 Å². The maximum Gasteiger partial charge on any atom is 0.142 e. The molecule has 3 aromatic rings. The molecule has 0 aliphatic rings. The van der Waals surface area contributed by atoms with E-state index in [-0.39, 0.29) is 0 Å². The first-order valence-electron chi connectivity index (χ1n) is 7.27. The summed E-state index contributed by atoms with van der Waals surface area (Å²) in [4.78, 5) is 0. The van der Waals surface area contributed by atoms with Crippen LogP contribution in [0.25, 0.3) is 21.7 Å². The van der Waals surface area contributed by atoms with Gasteiger partial charge in [-0.25, -0.2) is 0 Å². The second-order valence-electron chi connectivity index (χ2n) is 5.80. The molecule has 0 unspecified atom stereocenters. The monoisotopic (exact) mass is 267 g/mol. The Hall–Kier alpha value is -1.80. The third kappa shape index (κ3) is 2.20. The van der Waals surface area contributed by atoms with Crippen LogP contribution in [0.1, 0.15) is 25.2 Å². The highest BCUT2D eigenvalue weighted by Gasteiger charge is 2.16. The predicted octanol–water partition coefficient (Wildman–Crippen LogP) is 4.50. The Morgan fingerprint density at radius 1 is 1.05 bits per heavy atom. The zero-order valence-corrected chi connectivity index (χ0v) is 12.4. The normalized spacial score (nSPS) is 11.8. The first kappa shape index (κ1) is 13.2. The molecule has 2 aromatic carbocycles.